The molecular formula is C17H19N5O2S. The maximum absolute atomic E-state index is 12.2. The van der Waals surface area contributed by atoms with Crippen molar-refractivity contribution in [2.75, 3.05) is 11.6 Å². The van der Waals surface area contributed by atoms with E-state index in [0.717, 1.165) is 35.4 Å². The molecule has 0 unspecified atom stereocenters. The van der Waals surface area contributed by atoms with Gasteiger partial charge in [-0.05, 0) is 31.9 Å². The van der Waals surface area contributed by atoms with Gasteiger partial charge in [0.15, 0.2) is 5.82 Å². The van der Waals surface area contributed by atoms with Gasteiger partial charge in [-0.15, -0.1) is 10.2 Å². The largest absolute Gasteiger partial charge is 0.459 e. The molecule has 130 valence electrons. The van der Waals surface area contributed by atoms with Gasteiger partial charge in [-0.2, -0.15) is 0 Å². The Hall–Kier alpha value is -2.48. The first kappa shape index (κ1) is 16.0. The van der Waals surface area contributed by atoms with E-state index in [0.29, 0.717) is 11.1 Å². The first-order valence-electron chi connectivity index (χ1n) is 8.23. The van der Waals surface area contributed by atoms with Crippen molar-refractivity contribution in [3.05, 3.63) is 41.9 Å². The molecule has 1 saturated carbocycles. The molecule has 1 amide bonds. The molecule has 0 saturated heterocycles. The zero-order valence-corrected chi connectivity index (χ0v) is 14.6. The van der Waals surface area contributed by atoms with Crippen LogP contribution in [0.4, 0.5) is 0 Å². The van der Waals surface area contributed by atoms with E-state index in [1.54, 1.807) is 0 Å². The Morgan fingerprint density at radius 1 is 1.44 bits per heavy atom. The molecule has 8 heteroatoms. The van der Waals surface area contributed by atoms with Crippen molar-refractivity contribution in [2.45, 2.75) is 36.9 Å². The van der Waals surface area contributed by atoms with E-state index in [1.807, 2.05) is 37.3 Å². The summed E-state index contributed by atoms with van der Waals surface area (Å²) in [6.07, 6.45) is 2.21. The summed E-state index contributed by atoms with van der Waals surface area (Å²) in [4.78, 5) is 12.2. The van der Waals surface area contributed by atoms with Crippen LogP contribution in [-0.4, -0.2) is 26.5 Å². The number of carbonyl (C=O) groups is 1. The standard InChI is InChI=1S/C17H19N5O2S/c1-10(14-8-12-4-2-3-5-13(12)24-14)19-15(23)9-25-17-21-20-16(22(17)18)11-6-7-11/h2-5,8,10-11H,6-7,9,18H2,1H3,(H,19,23)/t10-/m0/s1. The molecule has 0 bridgehead atoms. The quantitative estimate of drug-likeness (QED) is 0.520. The highest BCUT2D eigenvalue weighted by molar-refractivity contribution is 7.99. The fraction of sp³-hybridized carbons (Fsp3) is 0.353. The lowest BCUT2D eigenvalue weighted by Gasteiger charge is -2.11. The second-order valence-electron chi connectivity index (χ2n) is 6.25. The molecule has 0 spiro atoms. The van der Waals surface area contributed by atoms with E-state index >= 15 is 0 Å². The van der Waals surface area contributed by atoms with Gasteiger partial charge in [0.25, 0.3) is 0 Å². The Morgan fingerprint density at radius 3 is 3.00 bits per heavy atom. The van der Waals surface area contributed by atoms with Gasteiger partial charge in [0.2, 0.25) is 11.1 Å². The smallest absolute Gasteiger partial charge is 0.231 e. The lowest BCUT2D eigenvalue weighted by molar-refractivity contribution is -0.119. The number of rotatable bonds is 6. The molecule has 1 aromatic carbocycles. The molecule has 7 nitrogen and oxygen atoms in total. The number of hydrogen-bond acceptors (Lipinski definition) is 6. The Balaban J connectivity index is 1.35. The number of thioether (sulfide) groups is 1. The van der Waals surface area contributed by atoms with Crippen molar-refractivity contribution < 1.29 is 9.21 Å². The maximum atomic E-state index is 12.2. The molecule has 4 rings (SSSR count). The Bertz CT molecular complexity index is 882. The topological polar surface area (TPSA) is 99.0 Å². The number of fused-ring (bicyclic) bond motifs is 1. The number of nitrogens with one attached hydrogen (secondary N) is 1. The summed E-state index contributed by atoms with van der Waals surface area (Å²) in [5, 5.41) is 12.7. The van der Waals surface area contributed by atoms with Crippen molar-refractivity contribution in [2.24, 2.45) is 0 Å². The van der Waals surface area contributed by atoms with E-state index < -0.39 is 0 Å². The van der Waals surface area contributed by atoms with Crippen molar-refractivity contribution >= 4 is 28.6 Å². The third-order valence-electron chi connectivity index (χ3n) is 4.21. The Morgan fingerprint density at radius 2 is 2.24 bits per heavy atom. The molecule has 1 fully saturated rings. The summed E-state index contributed by atoms with van der Waals surface area (Å²) >= 11 is 1.29. The van der Waals surface area contributed by atoms with Crippen LogP contribution in [0.2, 0.25) is 0 Å². The summed E-state index contributed by atoms with van der Waals surface area (Å²) in [6.45, 7) is 1.90. The third kappa shape index (κ3) is 3.34. The summed E-state index contributed by atoms with van der Waals surface area (Å²) in [6, 6.07) is 9.52. The Kier molecular flexibility index (Phi) is 4.12. The number of para-hydroxylation sites is 1. The van der Waals surface area contributed by atoms with Crippen LogP contribution in [0, 0.1) is 0 Å². The Labute approximate surface area is 148 Å². The van der Waals surface area contributed by atoms with E-state index in [2.05, 4.69) is 15.5 Å². The van der Waals surface area contributed by atoms with Crippen molar-refractivity contribution in [1.82, 2.24) is 20.2 Å². The molecule has 1 atom stereocenters. The summed E-state index contributed by atoms with van der Waals surface area (Å²) in [5.41, 5.74) is 0.816. The average Bonchev–Trinajstić information content (AvgIpc) is 3.23. The fourth-order valence-electron chi connectivity index (χ4n) is 2.71. The molecule has 2 aromatic heterocycles. The molecule has 25 heavy (non-hydrogen) atoms. The van der Waals surface area contributed by atoms with Gasteiger partial charge in [-0.1, -0.05) is 30.0 Å². The fourth-order valence-corrected chi connectivity index (χ4v) is 3.38. The second-order valence-corrected chi connectivity index (χ2v) is 7.19. The van der Waals surface area contributed by atoms with Gasteiger partial charge in [0.05, 0.1) is 11.8 Å². The molecule has 0 radical (unpaired) electrons. The van der Waals surface area contributed by atoms with Gasteiger partial charge in [-0.3, -0.25) is 4.79 Å². The van der Waals surface area contributed by atoms with Gasteiger partial charge in [-0.25, -0.2) is 4.68 Å². The van der Waals surface area contributed by atoms with Crippen LogP contribution in [0.25, 0.3) is 11.0 Å². The SMILES string of the molecule is C[C@H](NC(=O)CSc1nnc(C2CC2)n1N)c1cc2ccccc2o1. The number of nitrogen functional groups attached to an aromatic ring is 1. The van der Waals surface area contributed by atoms with Crippen LogP contribution >= 0.6 is 11.8 Å². The minimum absolute atomic E-state index is 0.103. The minimum Gasteiger partial charge on any atom is -0.459 e. The first-order valence-corrected chi connectivity index (χ1v) is 9.21. The molecule has 3 aromatic rings. The number of hydrogen-bond donors (Lipinski definition) is 2. The van der Waals surface area contributed by atoms with Crippen LogP contribution in [0.3, 0.4) is 0 Å². The van der Waals surface area contributed by atoms with E-state index in [9.17, 15) is 4.79 Å². The highest BCUT2D eigenvalue weighted by Gasteiger charge is 2.30. The van der Waals surface area contributed by atoms with Gasteiger partial charge >= 0.3 is 0 Å². The predicted octanol–water partition coefficient (Wildman–Crippen LogP) is 2.59. The van der Waals surface area contributed by atoms with Gasteiger partial charge < -0.3 is 15.6 Å². The summed E-state index contributed by atoms with van der Waals surface area (Å²) in [7, 11) is 0. The monoisotopic (exact) mass is 357 g/mol. The van der Waals surface area contributed by atoms with Crippen LogP contribution in [0.1, 0.15) is 43.3 Å². The highest BCUT2D eigenvalue weighted by Crippen LogP contribution is 2.39. The minimum atomic E-state index is -0.210. The molecule has 3 N–H and O–H groups in total. The molecule has 0 aliphatic heterocycles. The lowest BCUT2D eigenvalue weighted by Crippen LogP contribution is -2.28. The number of furan rings is 1. The van der Waals surface area contributed by atoms with Crippen LogP contribution < -0.4 is 11.2 Å². The summed E-state index contributed by atoms with van der Waals surface area (Å²) in [5.74, 6) is 8.08. The summed E-state index contributed by atoms with van der Waals surface area (Å²) < 4.78 is 7.28. The van der Waals surface area contributed by atoms with E-state index in [1.165, 1.54) is 16.4 Å². The first-order chi connectivity index (χ1) is 12.1. The van der Waals surface area contributed by atoms with Gasteiger partial charge in [0, 0.05) is 11.3 Å². The van der Waals surface area contributed by atoms with Crippen molar-refractivity contribution in [1.29, 1.82) is 0 Å². The number of carbonyl (C=O) groups excluding carboxylic acids is 1. The predicted molar refractivity (Wildman–Crippen MR) is 95.6 cm³/mol. The average molecular weight is 357 g/mol. The lowest BCUT2D eigenvalue weighted by atomic mass is 10.2. The normalized spacial score (nSPS) is 15.4. The number of aromatic nitrogens is 3. The van der Waals surface area contributed by atoms with Gasteiger partial charge in [0.1, 0.15) is 11.3 Å². The number of amides is 1. The van der Waals surface area contributed by atoms with Crippen molar-refractivity contribution in [3.63, 3.8) is 0 Å². The van der Waals surface area contributed by atoms with Crippen LogP contribution in [0.5, 0.6) is 0 Å². The number of benzene rings is 1. The molecule has 2 heterocycles. The van der Waals surface area contributed by atoms with E-state index in [-0.39, 0.29) is 17.7 Å². The van der Waals surface area contributed by atoms with Crippen LogP contribution in [0.15, 0.2) is 39.9 Å². The highest BCUT2D eigenvalue weighted by atomic mass is 32.2. The van der Waals surface area contributed by atoms with Crippen LogP contribution in [-0.2, 0) is 4.79 Å². The zero-order valence-electron chi connectivity index (χ0n) is 13.8. The second kappa shape index (κ2) is 6.44. The molecule has 1 aliphatic rings. The zero-order chi connectivity index (χ0) is 17.4. The van der Waals surface area contributed by atoms with E-state index in [4.69, 9.17) is 10.3 Å². The number of nitrogens with two attached hydrogens (primary N) is 1. The molecule has 1 aliphatic carbocycles. The number of nitrogens with zero attached hydrogens (tertiary/aromatic N) is 3. The van der Waals surface area contributed by atoms with Crippen molar-refractivity contribution in [3.8, 4) is 0 Å². The maximum Gasteiger partial charge on any atom is 0.231 e. The molecular weight excluding hydrogens is 338 g/mol. The third-order valence-corrected chi connectivity index (χ3v) is 5.16.